The lowest BCUT2D eigenvalue weighted by Crippen LogP contribution is -2.66. The molecular formula is C22H35NO10. The van der Waals surface area contributed by atoms with E-state index in [0.717, 1.165) is 46.5 Å². The van der Waals surface area contributed by atoms with Crippen molar-refractivity contribution < 1.29 is 47.7 Å². The first kappa shape index (κ1) is 28.3. The Morgan fingerprint density at radius 3 is 1.82 bits per heavy atom. The van der Waals surface area contributed by atoms with E-state index in [1.807, 2.05) is 0 Å². The van der Waals surface area contributed by atoms with Crippen molar-refractivity contribution in [2.45, 2.75) is 104 Å². The number of nitrogens with one attached hydrogen (secondary N) is 1. The normalized spacial score (nSPS) is 24.3. The van der Waals surface area contributed by atoms with Gasteiger partial charge in [0.15, 0.2) is 24.5 Å². The molecule has 1 aliphatic heterocycles. The number of esters is 4. The van der Waals surface area contributed by atoms with Crippen LogP contribution in [0.4, 0.5) is 0 Å². The van der Waals surface area contributed by atoms with Gasteiger partial charge in [-0.1, -0.05) is 32.6 Å². The van der Waals surface area contributed by atoms with Gasteiger partial charge in [-0.25, -0.2) is 0 Å². The molecule has 1 amide bonds. The Morgan fingerprint density at radius 1 is 0.727 bits per heavy atom. The second-order valence-electron chi connectivity index (χ2n) is 7.85. The van der Waals surface area contributed by atoms with Crippen molar-refractivity contribution >= 4 is 29.8 Å². The van der Waals surface area contributed by atoms with Gasteiger partial charge in [0.25, 0.3) is 0 Å². The molecule has 11 nitrogen and oxygen atoms in total. The smallest absolute Gasteiger partial charge is 0.303 e. The van der Waals surface area contributed by atoms with Crippen molar-refractivity contribution in [1.29, 1.82) is 0 Å². The lowest BCUT2D eigenvalue weighted by molar-refractivity contribution is -0.257. The Balaban J connectivity index is 3.12. The zero-order chi connectivity index (χ0) is 25.0. The van der Waals surface area contributed by atoms with E-state index in [1.54, 1.807) is 0 Å². The fraction of sp³-hybridized carbons (Fsp3) is 0.773. The number of carbonyl (C=O) groups is 5. The van der Waals surface area contributed by atoms with E-state index in [0.29, 0.717) is 6.42 Å². The van der Waals surface area contributed by atoms with Crippen LogP contribution in [0.2, 0.25) is 0 Å². The summed E-state index contributed by atoms with van der Waals surface area (Å²) >= 11 is 0. The first-order chi connectivity index (χ1) is 15.5. The number of rotatable bonds is 12. The van der Waals surface area contributed by atoms with Crippen LogP contribution in [0, 0.1) is 0 Å². The fourth-order valence-electron chi connectivity index (χ4n) is 3.46. The third kappa shape index (κ3) is 10.6. The molecule has 0 unspecified atom stereocenters. The van der Waals surface area contributed by atoms with Gasteiger partial charge in [0.1, 0.15) is 12.7 Å². The maximum absolute atomic E-state index is 12.5. The predicted octanol–water partition coefficient (Wildman–Crippen LogP) is 1.55. The summed E-state index contributed by atoms with van der Waals surface area (Å²) in [7, 11) is 0. The molecule has 1 fully saturated rings. The highest BCUT2D eigenvalue weighted by molar-refractivity contribution is 5.76. The topological polar surface area (TPSA) is 144 Å². The highest BCUT2D eigenvalue weighted by Crippen LogP contribution is 2.28. The van der Waals surface area contributed by atoms with E-state index in [4.69, 9.17) is 23.7 Å². The molecule has 1 aliphatic rings. The van der Waals surface area contributed by atoms with Gasteiger partial charge in [-0.3, -0.25) is 24.0 Å². The third-order valence-electron chi connectivity index (χ3n) is 4.80. The molecule has 1 saturated heterocycles. The Morgan fingerprint density at radius 2 is 1.27 bits per heavy atom. The summed E-state index contributed by atoms with van der Waals surface area (Å²) < 4.78 is 26.8. The average molecular weight is 474 g/mol. The van der Waals surface area contributed by atoms with Crippen LogP contribution in [0.15, 0.2) is 0 Å². The van der Waals surface area contributed by atoms with Gasteiger partial charge >= 0.3 is 23.9 Å². The molecule has 5 atom stereocenters. The van der Waals surface area contributed by atoms with E-state index in [-0.39, 0.29) is 18.9 Å². The quantitative estimate of drug-likeness (QED) is 0.252. The number of carbonyl (C=O) groups excluding carboxylic acids is 5. The zero-order valence-corrected chi connectivity index (χ0v) is 19.9. The highest BCUT2D eigenvalue weighted by atomic mass is 16.7. The van der Waals surface area contributed by atoms with Crippen LogP contribution in [-0.4, -0.2) is 67.0 Å². The number of amides is 1. The highest BCUT2D eigenvalue weighted by Gasteiger charge is 2.52. The molecular weight excluding hydrogens is 438 g/mol. The summed E-state index contributed by atoms with van der Waals surface area (Å²) in [5, 5.41) is 2.65. The lowest BCUT2D eigenvalue weighted by Gasteiger charge is -2.44. The average Bonchev–Trinajstić information content (AvgIpc) is 2.69. The van der Waals surface area contributed by atoms with Gasteiger partial charge in [-0.2, -0.15) is 0 Å². The van der Waals surface area contributed by atoms with E-state index < -0.39 is 54.5 Å². The van der Waals surface area contributed by atoms with Crippen molar-refractivity contribution in [3.63, 3.8) is 0 Å². The molecule has 0 aromatic heterocycles. The molecule has 188 valence electrons. The molecule has 0 spiro atoms. The fourth-order valence-corrected chi connectivity index (χ4v) is 3.46. The first-order valence-corrected chi connectivity index (χ1v) is 11.1. The van der Waals surface area contributed by atoms with Crippen LogP contribution >= 0.6 is 0 Å². The third-order valence-corrected chi connectivity index (χ3v) is 4.80. The molecule has 1 heterocycles. The monoisotopic (exact) mass is 473 g/mol. The number of hydrogen-bond acceptors (Lipinski definition) is 10. The van der Waals surface area contributed by atoms with Crippen LogP contribution in [0.3, 0.4) is 0 Å². The second kappa shape index (κ2) is 14.5. The molecule has 0 aromatic carbocycles. The second-order valence-corrected chi connectivity index (χ2v) is 7.85. The SMILES string of the molecule is CCCCCCCC(=O)N[C@H]1O[C@H](COC(C)=O)[C@@H](OC(C)=O)[C@H](OC(C)=O)[C@@H]1OC(C)=O. The van der Waals surface area contributed by atoms with Crippen molar-refractivity contribution in [1.82, 2.24) is 5.32 Å². The molecule has 0 radical (unpaired) electrons. The summed E-state index contributed by atoms with van der Waals surface area (Å²) in [6, 6.07) is 0. The number of ether oxygens (including phenoxy) is 5. The summed E-state index contributed by atoms with van der Waals surface area (Å²) in [5.74, 6) is -3.14. The summed E-state index contributed by atoms with van der Waals surface area (Å²) in [6.07, 6.45) is -1.23. The standard InChI is InChI=1S/C22H35NO10/c1-6-7-8-9-10-11-18(28)23-22-21(32-16(5)27)20(31-15(4)26)19(30-14(3)25)17(33-22)12-29-13(2)24/h17,19-22H,6-12H2,1-5H3,(H,23,28)/t17-,19-,20+,21+,22+/m1/s1. The van der Waals surface area contributed by atoms with Gasteiger partial charge < -0.3 is 29.0 Å². The zero-order valence-electron chi connectivity index (χ0n) is 19.9. The van der Waals surface area contributed by atoms with E-state index in [9.17, 15) is 24.0 Å². The first-order valence-electron chi connectivity index (χ1n) is 11.1. The van der Waals surface area contributed by atoms with Crippen LogP contribution in [0.1, 0.15) is 73.1 Å². The van der Waals surface area contributed by atoms with Crippen LogP contribution in [0.5, 0.6) is 0 Å². The molecule has 0 bridgehead atoms. The molecule has 11 heteroatoms. The Labute approximate surface area is 193 Å². The van der Waals surface area contributed by atoms with Gasteiger partial charge in [-0.15, -0.1) is 0 Å². The van der Waals surface area contributed by atoms with Gasteiger partial charge in [0, 0.05) is 34.1 Å². The largest absolute Gasteiger partial charge is 0.463 e. The van der Waals surface area contributed by atoms with E-state index >= 15 is 0 Å². The maximum Gasteiger partial charge on any atom is 0.303 e. The molecule has 0 aliphatic carbocycles. The minimum Gasteiger partial charge on any atom is -0.463 e. The van der Waals surface area contributed by atoms with Crippen LogP contribution in [0.25, 0.3) is 0 Å². The summed E-state index contributed by atoms with van der Waals surface area (Å²) in [5.41, 5.74) is 0. The van der Waals surface area contributed by atoms with Crippen molar-refractivity contribution in [2.75, 3.05) is 6.61 Å². The minimum atomic E-state index is -1.31. The molecule has 1 rings (SSSR count). The summed E-state index contributed by atoms with van der Waals surface area (Å²) in [6.45, 7) is 6.35. The van der Waals surface area contributed by atoms with Crippen molar-refractivity contribution in [3.05, 3.63) is 0 Å². The molecule has 33 heavy (non-hydrogen) atoms. The summed E-state index contributed by atoms with van der Waals surface area (Å²) in [4.78, 5) is 59.1. The van der Waals surface area contributed by atoms with E-state index in [1.165, 1.54) is 6.92 Å². The van der Waals surface area contributed by atoms with E-state index in [2.05, 4.69) is 12.2 Å². The Hall–Kier alpha value is -2.69. The van der Waals surface area contributed by atoms with Gasteiger partial charge in [-0.05, 0) is 6.42 Å². The number of hydrogen-bond donors (Lipinski definition) is 1. The van der Waals surface area contributed by atoms with Gasteiger partial charge in [0.05, 0.1) is 0 Å². The Kier molecular flexibility index (Phi) is 12.4. The van der Waals surface area contributed by atoms with Crippen molar-refractivity contribution in [2.24, 2.45) is 0 Å². The lowest BCUT2D eigenvalue weighted by atomic mass is 9.97. The predicted molar refractivity (Wildman–Crippen MR) is 113 cm³/mol. The minimum absolute atomic E-state index is 0.219. The molecule has 1 N–H and O–H groups in total. The van der Waals surface area contributed by atoms with Crippen molar-refractivity contribution in [3.8, 4) is 0 Å². The van der Waals surface area contributed by atoms with Crippen LogP contribution in [-0.2, 0) is 47.7 Å². The molecule has 0 saturated carbocycles. The molecule has 0 aromatic rings. The maximum atomic E-state index is 12.5. The van der Waals surface area contributed by atoms with Crippen LogP contribution < -0.4 is 5.32 Å². The Bertz CT molecular complexity index is 695. The number of unbranched alkanes of at least 4 members (excludes halogenated alkanes) is 4. The van der Waals surface area contributed by atoms with Gasteiger partial charge in [0.2, 0.25) is 5.91 Å².